The second-order valence-corrected chi connectivity index (χ2v) is 4.62. The molecule has 0 unspecified atom stereocenters. The van der Waals surface area contributed by atoms with Gasteiger partial charge in [0, 0.05) is 10.0 Å². The Balaban J connectivity index is 2.10. The summed E-state index contributed by atoms with van der Waals surface area (Å²) in [5, 5.41) is 0. The molecule has 0 saturated heterocycles. The van der Waals surface area contributed by atoms with Crippen molar-refractivity contribution >= 4 is 21.7 Å². The zero-order valence-electron chi connectivity index (χ0n) is 9.60. The van der Waals surface area contributed by atoms with Crippen LogP contribution in [0.25, 0.3) is 0 Å². The van der Waals surface area contributed by atoms with E-state index >= 15 is 0 Å². The second-order valence-electron chi connectivity index (χ2n) is 3.71. The summed E-state index contributed by atoms with van der Waals surface area (Å²) in [5.41, 5.74) is 5.89. The summed E-state index contributed by atoms with van der Waals surface area (Å²) in [5.74, 6) is 1.35. The van der Waals surface area contributed by atoms with E-state index in [1.165, 1.54) is 0 Å². The van der Waals surface area contributed by atoms with Crippen molar-refractivity contribution in [3.8, 4) is 11.5 Å². The van der Waals surface area contributed by atoms with Crippen molar-refractivity contribution < 1.29 is 9.53 Å². The number of ketones is 1. The maximum Gasteiger partial charge on any atom is 0.176 e. The van der Waals surface area contributed by atoms with Gasteiger partial charge in [-0.2, -0.15) is 0 Å². The molecule has 0 heterocycles. The van der Waals surface area contributed by atoms with Gasteiger partial charge in [-0.05, 0) is 48.5 Å². The molecule has 2 aromatic carbocycles. The lowest BCUT2D eigenvalue weighted by atomic mass is 10.1. The monoisotopic (exact) mass is 305 g/mol. The minimum Gasteiger partial charge on any atom is -0.457 e. The summed E-state index contributed by atoms with van der Waals surface area (Å²) in [7, 11) is 0. The molecule has 0 radical (unpaired) electrons. The Labute approximate surface area is 114 Å². The molecule has 2 N–H and O–H groups in total. The number of benzene rings is 2. The molecule has 0 atom stereocenters. The lowest BCUT2D eigenvalue weighted by Crippen LogP contribution is -2.13. The molecule has 3 nitrogen and oxygen atoms in total. The third-order valence-electron chi connectivity index (χ3n) is 2.41. The Hall–Kier alpha value is -1.65. The number of ether oxygens (including phenoxy) is 1. The predicted octanol–water partition coefficient (Wildman–Crippen LogP) is 3.38. The van der Waals surface area contributed by atoms with Crippen molar-refractivity contribution in [1.29, 1.82) is 0 Å². The number of rotatable bonds is 4. The van der Waals surface area contributed by atoms with Crippen molar-refractivity contribution in [3.63, 3.8) is 0 Å². The number of carbonyl (C=O) groups excluding carboxylic acids is 1. The van der Waals surface area contributed by atoms with E-state index in [9.17, 15) is 4.79 Å². The Bertz CT molecular complexity index is 535. The molecule has 0 spiro atoms. The molecule has 0 fully saturated rings. The van der Waals surface area contributed by atoms with E-state index in [1.807, 2.05) is 24.3 Å². The number of nitrogens with two attached hydrogens (primary N) is 1. The van der Waals surface area contributed by atoms with Gasteiger partial charge in [0.25, 0.3) is 0 Å². The van der Waals surface area contributed by atoms with E-state index in [1.54, 1.807) is 24.3 Å². The highest BCUT2D eigenvalue weighted by atomic mass is 79.9. The maximum atomic E-state index is 11.3. The van der Waals surface area contributed by atoms with Crippen molar-refractivity contribution in [3.05, 3.63) is 58.6 Å². The molecule has 18 heavy (non-hydrogen) atoms. The topological polar surface area (TPSA) is 52.3 Å². The van der Waals surface area contributed by atoms with Crippen LogP contribution < -0.4 is 10.5 Å². The Morgan fingerprint density at radius 2 is 1.50 bits per heavy atom. The molecule has 0 aliphatic heterocycles. The number of hydrogen-bond acceptors (Lipinski definition) is 3. The van der Waals surface area contributed by atoms with Crippen molar-refractivity contribution in [2.75, 3.05) is 6.54 Å². The highest BCUT2D eigenvalue weighted by molar-refractivity contribution is 9.10. The first kappa shape index (κ1) is 12.8. The molecule has 4 heteroatoms. The van der Waals surface area contributed by atoms with Crippen LogP contribution in [0.4, 0.5) is 0 Å². The Kier molecular flexibility index (Phi) is 4.12. The summed E-state index contributed by atoms with van der Waals surface area (Å²) in [6.07, 6.45) is 0. The number of hydrogen-bond donors (Lipinski definition) is 1. The van der Waals surface area contributed by atoms with E-state index in [0.717, 1.165) is 10.2 Å². The van der Waals surface area contributed by atoms with Crippen LogP contribution >= 0.6 is 15.9 Å². The molecule has 0 aliphatic carbocycles. The zero-order chi connectivity index (χ0) is 13.0. The zero-order valence-corrected chi connectivity index (χ0v) is 11.2. The summed E-state index contributed by atoms with van der Waals surface area (Å²) < 4.78 is 6.64. The smallest absolute Gasteiger partial charge is 0.176 e. The number of carbonyl (C=O) groups is 1. The standard InChI is InChI=1S/C14H12BrNO2/c15-11-3-7-13(8-4-11)18-12-5-1-10(2-6-12)14(17)9-16/h1-8H,9,16H2. The van der Waals surface area contributed by atoms with Crippen LogP contribution in [-0.4, -0.2) is 12.3 Å². The molecule has 2 aromatic rings. The molecule has 0 saturated carbocycles. The fraction of sp³-hybridized carbons (Fsp3) is 0.0714. The Morgan fingerprint density at radius 1 is 1.00 bits per heavy atom. The molecule has 2 rings (SSSR count). The van der Waals surface area contributed by atoms with Gasteiger partial charge in [0.05, 0.1) is 6.54 Å². The molecule has 0 aromatic heterocycles. The van der Waals surface area contributed by atoms with Gasteiger partial charge in [-0.3, -0.25) is 4.79 Å². The first-order chi connectivity index (χ1) is 8.69. The predicted molar refractivity (Wildman–Crippen MR) is 74.0 cm³/mol. The third kappa shape index (κ3) is 3.18. The number of halogens is 1. The first-order valence-corrected chi connectivity index (χ1v) is 6.25. The average Bonchev–Trinajstić information content (AvgIpc) is 2.41. The van der Waals surface area contributed by atoms with Crippen LogP contribution in [0.15, 0.2) is 53.0 Å². The van der Waals surface area contributed by atoms with Crippen molar-refractivity contribution in [1.82, 2.24) is 0 Å². The van der Waals surface area contributed by atoms with Gasteiger partial charge in [0.2, 0.25) is 0 Å². The Morgan fingerprint density at radius 3 is 2.00 bits per heavy atom. The van der Waals surface area contributed by atoms with Gasteiger partial charge in [-0.15, -0.1) is 0 Å². The summed E-state index contributed by atoms with van der Waals surface area (Å²) in [4.78, 5) is 11.3. The second kappa shape index (κ2) is 5.80. The molecule has 92 valence electrons. The van der Waals surface area contributed by atoms with E-state index in [2.05, 4.69) is 15.9 Å². The normalized spacial score (nSPS) is 10.1. The third-order valence-corrected chi connectivity index (χ3v) is 2.94. The lowest BCUT2D eigenvalue weighted by molar-refractivity contribution is 0.100. The van der Waals surface area contributed by atoms with Gasteiger partial charge in [0.1, 0.15) is 11.5 Å². The molecular weight excluding hydrogens is 294 g/mol. The molecule has 0 aliphatic rings. The van der Waals surface area contributed by atoms with Crippen LogP contribution in [0.5, 0.6) is 11.5 Å². The molecular formula is C14H12BrNO2. The van der Waals surface area contributed by atoms with Crippen LogP contribution in [0.1, 0.15) is 10.4 Å². The minimum atomic E-state index is -0.0785. The van der Waals surface area contributed by atoms with Gasteiger partial charge < -0.3 is 10.5 Å². The van der Waals surface area contributed by atoms with Crippen molar-refractivity contribution in [2.45, 2.75) is 0 Å². The van der Waals surface area contributed by atoms with Crippen LogP contribution in [-0.2, 0) is 0 Å². The SMILES string of the molecule is NCC(=O)c1ccc(Oc2ccc(Br)cc2)cc1. The van der Waals surface area contributed by atoms with E-state index < -0.39 is 0 Å². The quantitative estimate of drug-likeness (QED) is 0.881. The minimum absolute atomic E-state index is 0.0207. The fourth-order valence-corrected chi connectivity index (χ4v) is 1.73. The van der Waals surface area contributed by atoms with Gasteiger partial charge >= 0.3 is 0 Å². The van der Waals surface area contributed by atoms with Gasteiger partial charge in [-0.25, -0.2) is 0 Å². The summed E-state index contributed by atoms with van der Waals surface area (Å²) in [6, 6.07) is 14.5. The maximum absolute atomic E-state index is 11.3. The highest BCUT2D eigenvalue weighted by Gasteiger charge is 2.03. The lowest BCUT2D eigenvalue weighted by Gasteiger charge is -2.06. The van der Waals surface area contributed by atoms with Crippen molar-refractivity contribution in [2.24, 2.45) is 5.73 Å². The van der Waals surface area contributed by atoms with Crippen LogP contribution in [0, 0.1) is 0 Å². The summed E-state index contributed by atoms with van der Waals surface area (Å²) >= 11 is 3.36. The van der Waals surface area contributed by atoms with E-state index in [4.69, 9.17) is 10.5 Å². The van der Waals surface area contributed by atoms with E-state index in [0.29, 0.717) is 11.3 Å². The van der Waals surface area contributed by atoms with Crippen LogP contribution in [0.3, 0.4) is 0 Å². The largest absolute Gasteiger partial charge is 0.457 e. The first-order valence-electron chi connectivity index (χ1n) is 5.46. The van der Waals surface area contributed by atoms with Crippen LogP contribution in [0.2, 0.25) is 0 Å². The van der Waals surface area contributed by atoms with Gasteiger partial charge in [0.15, 0.2) is 5.78 Å². The molecule has 0 amide bonds. The highest BCUT2D eigenvalue weighted by Crippen LogP contribution is 2.23. The van der Waals surface area contributed by atoms with E-state index in [-0.39, 0.29) is 12.3 Å². The van der Waals surface area contributed by atoms with Gasteiger partial charge in [-0.1, -0.05) is 15.9 Å². The summed E-state index contributed by atoms with van der Waals surface area (Å²) in [6.45, 7) is 0.0207. The number of Topliss-reactive ketones (excluding diaryl/α,β-unsaturated/α-hetero) is 1. The average molecular weight is 306 g/mol. The fourth-order valence-electron chi connectivity index (χ4n) is 1.47. The molecule has 0 bridgehead atoms.